The molecule has 0 spiro atoms. The number of carboxylic acids is 1. The van der Waals surface area contributed by atoms with E-state index in [0.717, 1.165) is 57.4 Å². The first-order valence-corrected chi connectivity index (χ1v) is 29.5. The van der Waals surface area contributed by atoms with E-state index in [1.165, 1.54) is 6.92 Å². The van der Waals surface area contributed by atoms with Crippen molar-refractivity contribution in [3.8, 4) is 0 Å². The van der Waals surface area contributed by atoms with E-state index < -0.39 is 163 Å². The smallest absolute Gasteiger partial charge is 0.335 e. The van der Waals surface area contributed by atoms with Crippen LogP contribution >= 0.6 is 11.6 Å². The summed E-state index contributed by atoms with van der Waals surface area (Å²) in [6, 6.07) is -6.93. The fourth-order valence-electron chi connectivity index (χ4n) is 8.73. The quantitative estimate of drug-likeness (QED) is 0.00934. The maximum atomic E-state index is 14.4. The first kappa shape index (κ1) is 75.5. The summed E-state index contributed by atoms with van der Waals surface area (Å²) in [4.78, 5) is 156. The van der Waals surface area contributed by atoms with Crippen molar-refractivity contribution in [3.63, 3.8) is 0 Å². The normalized spacial score (nSPS) is 23.5. The molecule has 87 heavy (non-hydrogen) atoms. The number of carbonyl (C=O) groups excluding carboxylic acids is 10. The van der Waals surface area contributed by atoms with Gasteiger partial charge in [-0.25, -0.2) is 9.59 Å². The van der Waals surface area contributed by atoms with Gasteiger partial charge in [-0.3, -0.25) is 48.1 Å². The summed E-state index contributed by atoms with van der Waals surface area (Å²) in [6.07, 6.45) is 2.27. The van der Waals surface area contributed by atoms with Crippen molar-refractivity contribution in [3.05, 3.63) is 47.7 Å². The number of allylic oxidation sites excluding steroid dienone is 1. The molecule has 0 bridgehead atoms. The molecule has 9 amide bonds. The van der Waals surface area contributed by atoms with Gasteiger partial charge in [-0.2, -0.15) is 0 Å². The minimum absolute atomic E-state index is 0.0369. The van der Waals surface area contributed by atoms with Crippen molar-refractivity contribution >= 4 is 82.7 Å². The third-order valence-corrected chi connectivity index (χ3v) is 13.9. The number of hydrogen-bond donors (Lipinski definition) is 18. The summed E-state index contributed by atoms with van der Waals surface area (Å²) >= 11 is 5.89. The molecule has 0 aliphatic carbocycles. The van der Waals surface area contributed by atoms with E-state index in [9.17, 15) is 78.3 Å². The average molecular weight is 1250 g/mol. The van der Waals surface area contributed by atoms with Gasteiger partial charge in [0.05, 0.1) is 31.1 Å². The third-order valence-electron chi connectivity index (χ3n) is 13.6. The van der Waals surface area contributed by atoms with Gasteiger partial charge in [-0.05, 0) is 57.7 Å². The lowest BCUT2D eigenvalue weighted by molar-refractivity contribution is -0.155. The number of amides is 9. The topological polar surface area (TPSA) is 523 Å². The van der Waals surface area contributed by atoms with Crippen LogP contribution in [0.1, 0.15) is 116 Å². The number of cyclic esters (lactones) is 1. The van der Waals surface area contributed by atoms with E-state index in [1.807, 2.05) is 10.6 Å². The number of nitrogens with two attached hydrogens (primary N) is 4. The van der Waals surface area contributed by atoms with Crippen molar-refractivity contribution in [2.24, 2.45) is 27.9 Å². The molecule has 1 saturated heterocycles. The molecule has 32 heteroatoms. The highest BCUT2D eigenvalue weighted by Gasteiger charge is 2.40. The zero-order valence-electron chi connectivity index (χ0n) is 49.1. The van der Waals surface area contributed by atoms with E-state index >= 15 is 0 Å². The Hall–Kier alpha value is -7.55. The SMILES string of the molecule is C/C=C1\NC(=O)[C@H](Cc2ccccc2)NC(=O)C(CCCN=C(N)N)NC(=O)C(CCN)NC(=O)[C@H](CCN)NC(=O)C(CO)NC(=O)C(NC(=O)C[C@H](O)CCCCCCCCCCC)COC(=O)C([C@H](O)CCl)NC(=O)[C@H]([C@H](O)C(=O)O)NC1=O. The van der Waals surface area contributed by atoms with Gasteiger partial charge in [0.25, 0.3) is 5.91 Å². The number of unbranched alkanes of at least 4 members (excludes halogenated alkanes) is 8. The highest BCUT2D eigenvalue weighted by Crippen LogP contribution is 2.14. The summed E-state index contributed by atoms with van der Waals surface area (Å²) < 4.78 is 5.29. The van der Waals surface area contributed by atoms with Crippen LogP contribution in [0.3, 0.4) is 0 Å². The number of carbonyl (C=O) groups is 11. The molecule has 11 atom stereocenters. The van der Waals surface area contributed by atoms with E-state index in [0.29, 0.717) is 12.0 Å². The van der Waals surface area contributed by atoms with Gasteiger partial charge in [0.2, 0.25) is 47.3 Å². The maximum absolute atomic E-state index is 14.4. The highest BCUT2D eigenvalue weighted by molar-refractivity contribution is 6.18. The molecule has 1 aliphatic heterocycles. The number of guanidine groups is 1. The number of benzene rings is 1. The number of aliphatic hydroxyl groups excluding tert-OH is 4. The van der Waals surface area contributed by atoms with Crippen LogP contribution < -0.4 is 70.8 Å². The number of aliphatic hydroxyl groups is 4. The molecule has 1 fully saturated rings. The lowest BCUT2D eigenvalue weighted by Gasteiger charge is -2.28. The fourth-order valence-corrected chi connectivity index (χ4v) is 8.91. The predicted octanol–water partition coefficient (Wildman–Crippen LogP) is -4.86. The number of ether oxygens (including phenoxy) is 1. The van der Waals surface area contributed by atoms with E-state index in [4.69, 9.17) is 39.3 Å². The number of halogens is 1. The van der Waals surface area contributed by atoms with Crippen LogP contribution in [-0.4, -0.2) is 202 Å². The average Bonchev–Trinajstić information content (AvgIpc) is 2.80. The predicted molar refractivity (Wildman–Crippen MR) is 316 cm³/mol. The van der Waals surface area contributed by atoms with Crippen LogP contribution in [0, 0.1) is 0 Å². The summed E-state index contributed by atoms with van der Waals surface area (Å²) in [7, 11) is 0. The zero-order valence-corrected chi connectivity index (χ0v) is 49.9. The monoisotopic (exact) mass is 1250 g/mol. The maximum Gasteiger partial charge on any atom is 0.335 e. The first-order valence-electron chi connectivity index (χ1n) is 28.9. The van der Waals surface area contributed by atoms with Crippen molar-refractivity contribution in [1.29, 1.82) is 0 Å². The molecule has 31 nitrogen and oxygen atoms in total. The van der Waals surface area contributed by atoms with Gasteiger partial charge in [0.15, 0.2) is 18.1 Å². The summed E-state index contributed by atoms with van der Waals surface area (Å²) in [6.45, 7) is 0.465. The lowest BCUT2D eigenvalue weighted by atomic mass is 10.0. The first-order chi connectivity index (χ1) is 41.4. The van der Waals surface area contributed by atoms with Crippen LogP contribution in [0.25, 0.3) is 0 Å². The lowest BCUT2D eigenvalue weighted by Crippen LogP contribution is -2.62. The third kappa shape index (κ3) is 28.2. The number of esters is 1. The Bertz CT molecular complexity index is 2480. The van der Waals surface area contributed by atoms with Gasteiger partial charge >= 0.3 is 11.9 Å². The summed E-state index contributed by atoms with van der Waals surface area (Å²) in [5, 5.41) is 73.3. The number of hydrogen-bond acceptors (Lipinski definition) is 19. The second-order valence-electron chi connectivity index (χ2n) is 20.6. The standard InChI is InChI=1S/C55H89ClN14O17/c1-3-5-6-7-8-9-10-11-15-19-32(72)27-41(74)62-39-30-87-54(86)42(40(73)28-56)69-52(83)43(44(75)53(84)85)70-45(76)33(4-2)63-49(80)37(26-31-17-13-12-14-18-31)67-46(77)34(20-16-25-61-55(59)60)64-47(78)35(21-23-57)65-48(79)36(22-24-58)66-50(81)38(29-71)68-51(39)82/h4,12-14,17-18,32,34-40,42-44,71-73,75H,3,5-11,15-16,19-30,57-58H2,1-2H3,(H,62,74)(H,63,80)(H,64,78)(H,65,79)(H,66,81)(H,67,77)(H,68,82)(H,69,83)(H,70,76)(H,84,85)(H4,59,60,61)/b33-4-/t32-,34?,35?,36+,37+,38?,39?,40-,42?,43+,44+/m1/s1. The largest absolute Gasteiger partial charge is 0.479 e. The zero-order chi connectivity index (χ0) is 65.0. The summed E-state index contributed by atoms with van der Waals surface area (Å²) in [5.41, 5.74) is 22.5. The minimum atomic E-state index is -2.81. The van der Waals surface area contributed by atoms with Crippen LogP contribution in [-0.2, 0) is 63.9 Å². The summed E-state index contributed by atoms with van der Waals surface area (Å²) in [5.74, 6) is -15.6. The minimum Gasteiger partial charge on any atom is -0.479 e. The van der Waals surface area contributed by atoms with E-state index in [-0.39, 0.29) is 64.1 Å². The fraction of sp³-hybridized carbons (Fsp3) is 0.636. The molecule has 0 aromatic heterocycles. The molecular weight excluding hydrogens is 1160 g/mol. The van der Waals surface area contributed by atoms with Crippen LogP contribution in [0.2, 0.25) is 0 Å². The number of nitrogens with one attached hydrogen (secondary N) is 9. The molecule has 2 rings (SSSR count). The van der Waals surface area contributed by atoms with Crippen molar-refractivity contribution in [2.75, 3.05) is 38.7 Å². The molecule has 5 unspecified atom stereocenters. The van der Waals surface area contributed by atoms with Crippen LogP contribution in [0.4, 0.5) is 0 Å². The number of alkyl halides is 1. The number of nitrogens with zero attached hydrogens (tertiary/aromatic N) is 1. The molecule has 1 aromatic rings. The van der Waals surface area contributed by atoms with Crippen molar-refractivity contribution < 1.29 is 83.0 Å². The number of aliphatic imine (C=N–C) groups is 1. The molecule has 0 saturated carbocycles. The molecular formula is C55H89ClN14O17. The van der Waals surface area contributed by atoms with Gasteiger partial charge < -0.3 is 101 Å². The molecule has 1 heterocycles. The van der Waals surface area contributed by atoms with E-state index in [1.54, 1.807) is 30.3 Å². The van der Waals surface area contributed by atoms with Crippen molar-refractivity contribution in [1.82, 2.24) is 47.9 Å². The van der Waals surface area contributed by atoms with Crippen molar-refractivity contribution in [2.45, 2.75) is 183 Å². The Morgan fingerprint density at radius 2 is 1.22 bits per heavy atom. The van der Waals surface area contributed by atoms with Gasteiger partial charge in [0.1, 0.15) is 54.6 Å². The molecule has 0 radical (unpaired) electrons. The Kier molecular flexibility index (Phi) is 36.1. The van der Waals surface area contributed by atoms with Crippen LogP contribution in [0.5, 0.6) is 0 Å². The number of aliphatic carboxylic acids is 1. The molecule has 22 N–H and O–H groups in total. The Balaban J connectivity index is 2.77. The highest BCUT2D eigenvalue weighted by atomic mass is 35.5. The Morgan fingerprint density at radius 1 is 0.690 bits per heavy atom. The number of carboxylic acid groups (broad SMARTS) is 1. The molecule has 1 aliphatic rings. The Morgan fingerprint density at radius 3 is 1.74 bits per heavy atom. The molecule has 488 valence electrons. The second-order valence-corrected chi connectivity index (χ2v) is 20.9. The van der Waals surface area contributed by atoms with E-state index in [2.05, 4.69) is 49.1 Å². The molecule has 1 aromatic carbocycles. The Labute approximate surface area is 509 Å². The number of rotatable bonds is 28. The second kappa shape index (κ2) is 41.5. The van der Waals surface area contributed by atoms with Crippen LogP contribution in [0.15, 0.2) is 47.1 Å². The van der Waals surface area contributed by atoms with Gasteiger partial charge in [-0.1, -0.05) is 101 Å². The van der Waals surface area contributed by atoms with Gasteiger partial charge in [0, 0.05) is 13.0 Å². The van der Waals surface area contributed by atoms with Gasteiger partial charge in [-0.15, -0.1) is 11.6 Å².